The summed E-state index contributed by atoms with van der Waals surface area (Å²) in [4.78, 5) is 11.3. The Hall–Kier alpha value is -2.21. The Morgan fingerprint density at radius 2 is 1.86 bits per heavy atom. The molecule has 2 rings (SSSR count). The molecule has 7 heteroatoms. The number of nitrogens with one attached hydrogen (secondary N) is 1. The minimum Gasteiger partial charge on any atom is -0.365 e. The molecule has 1 aromatic carbocycles. The predicted molar refractivity (Wildman–Crippen MR) is 74.0 cm³/mol. The summed E-state index contributed by atoms with van der Waals surface area (Å²) >= 11 is 5.90. The van der Waals surface area contributed by atoms with Crippen LogP contribution < -0.4 is 11.2 Å². The average molecular weight is 312 g/mol. The van der Waals surface area contributed by atoms with E-state index in [2.05, 4.69) is 0 Å². The average Bonchev–Trinajstić information content (AvgIpc) is 2.38. The molecule has 0 aliphatic carbocycles. The second-order valence-electron chi connectivity index (χ2n) is 4.57. The van der Waals surface area contributed by atoms with E-state index in [0.29, 0.717) is 5.56 Å². The van der Waals surface area contributed by atoms with E-state index < -0.39 is 23.6 Å². The van der Waals surface area contributed by atoms with Crippen molar-refractivity contribution in [3.8, 4) is 0 Å². The smallest absolute Gasteiger partial charge is 0.252 e. The van der Waals surface area contributed by atoms with Gasteiger partial charge in [0.05, 0.1) is 16.6 Å². The molecule has 2 aromatic rings. The molecule has 0 bridgehead atoms. The number of nitrogens with zero attached hydrogens (tertiary/aromatic N) is 1. The molecule has 0 saturated heterocycles. The number of carbonyl (C=O) groups excluding carboxylic acids is 1. The highest BCUT2D eigenvalue weighted by molar-refractivity contribution is 6.30. The van der Waals surface area contributed by atoms with Gasteiger partial charge in [0.15, 0.2) is 0 Å². The normalized spacial score (nSPS) is 12.2. The van der Waals surface area contributed by atoms with Crippen LogP contribution in [0.4, 0.5) is 8.78 Å². The van der Waals surface area contributed by atoms with Gasteiger partial charge in [0.1, 0.15) is 17.1 Å². The predicted octanol–water partition coefficient (Wildman–Crippen LogP) is 2.61. The highest BCUT2D eigenvalue weighted by Crippen LogP contribution is 2.20. The zero-order chi connectivity index (χ0) is 15.7. The minimum absolute atomic E-state index is 0.0637. The van der Waals surface area contributed by atoms with E-state index in [1.165, 1.54) is 16.8 Å². The number of nitrogens with two attached hydrogens (primary N) is 1. The number of primary amides is 1. The number of pyridine rings is 1. The summed E-state index contributed by atoms with van der Waals surface area (Å²) in [7, 11) is 0. The first kappa shape index (κ1) is 15.2. The molecule has 0 radical (unpaired) electrons. The van der Waals surface area contributed by atoms with Gasteiger partial charge in [-0.15, -0.1) is 0 Å². The topological polar surface area (TPSA) is 71.9 Å². The maximum Gasteiger partial charge on any atom is 0.252 e. The summed E-state index contributed by atoms with van der Waals surface area (Å²) in [5.74, 6) is -2.24. The molecule has 0 spiro atoms. The lowest BCUT2D eigenvalue weighted by Crippen LogP contribution is -2.31. The summed E-state index contributed by atoms with van der Waals surface area (Å²) in [6, 6.07) is 3.76. The molecular weight excluding hydrogens is 300 g/mol. The van der Waals surface area contributed by atoms with Crippen molar-refractivity contribution in [2.75, 3.05) is 0 Å². The maximum atomic E-state index is 13.3. The van der Waals surface area contributed by atoms with Crippen molar-refractivity contribution in [2.24, 2.45) is 5.73 Å². The fraction of sp³-hybridized carbons (Fsp3) is 0.143. The molecule has 0 aliphatic rings. The largest absolute Gasteiger partial charge is 0.365 e. The van der Waals surface area contributed by atoms with Gasteiger partial charge in [-0.1, -0.05) is 11.6 Å². The van der Waals surface area contributed by atoms with Crippen LogP contribution in [-0.2, 0) is 0 Å². The third-order valence-corrected chi connectivity index (χ3v) is 3.31. The fourth-order valence-corrected chi connectivity index (χ4v) is 2.26. The van der Waals surface area contributed by atoms with Gasteiger partial charge in [-0.2, -0.15) is 0 Å². The van der Waals surface area contributed by atoms with Crippen LogP contribution in [0.15, 0.2) is 30.5 Å². The Morgan fingerprint density at radius 1 is 1.29 bits per heavy atom. The van der Waals surface area contributed by atoms with Gasteiger partial charge in [-0.05, 0) is 30.7 Å². The molecule has 0 saturated carbocycles. The van der Waals surface area contributed by atoms with Crippen molar-refractivity contribution in [1.29, 1.82) is 5.41 Å². The van der Waals surface area contributed by atoms with Crippen LogP contribution in [0.1, 0.15) is 28.9 Å². The second kappa shape index (κ2) is 5.65. The number of benzene rings is 1. The Morgan fingerprint density at radius 3 is 2.38 bits per heavy atom. The summed E-state index contributed by atoms with van der Waals surface area (Å²) < 4.78 is 27.9. The van der Waals surface area contributed by atoms with E-state index in [1.807, 2.05) is 0 Å². The lowest BCUT2D eigenvalue weighted by atomic mass is 10.1. The third-order valence-electron chi connectivity index (χ3n) is 3.11. The molecular formula is C14H12ClF2N3O. The van der Waals surface area contributed by atoms with Gasteiger partial charge in [-0.3, -0.25) is 10.2 Å². The van der Waals surface area contributed by atoms with Crippen LogP contribution in [-0.4, -0.2) is 10.5 Å². The highest BCUT2D eigenvalue weighted by Gasteiger charge is 2.15. The Labute approximate surface area is 124 Å². The van der Waals surface area contributed by atoms with Crippen molar-refractivity contribution in [1.82, 2.24) is 4.57 Å². The Balaban J connectivity index is 2.60. The lowest BCUT2D eigenvalue weighted by molar-refractivity contribution is 0.0997. The molecule has 110 valence electrons. The molecule has 1 aromatic heterocycles. The van der Waals surface area contributed by atoms with Crippen LogP contribution in [0.2, 0.25) is 5.02 Å². The molecule has 0 fully saturated rings. The molecule has 21 heavy (non-hydrogen) atoms. The quantitative estimate of drug-likeness (QED) is 0.898. The van der Waals surface area contributed by atoms with Crippen LogP contribution in [0.25, 0.3) is 0 Å². The van der Waals surface area contributed by atoms with Crippen LogP contribution in [0.5, 0.6) is 0 Å². The molecule has 3 N–H and O–H groups in total. The monoisotopic (exact) mass is 311 g/mol. The zero-order valence-corrected chi connectivity index (χ0v) is 11.8. The van der Waals surface area contributed by atoms with Crippen LogP contribution >= 0.6 is 11.6 Å². The minimum atomic E-state index is -0.797. The molecule has 0 aliphatic heterocycles. The van der Waals surface area contributed by atoms with E-state index in [4.69, 9.17) is 22.7 Å². The van der Waals surface area contributed by atoms with E-state index in [-0.39, 0.29) is 16.1 Å². The van der Waals surface area contributed by atoms with Gasteiger partial charge < -0.3 is 10.3 Å². The molecule has 1 amide bonds. The zero-order valence-electron chi connectivity index (χ0n) is 11.0. The number of carbonyl (C=O) groups is 1. The number of halogens is 3. The van der Waals surface area contributed by atoms with Crippen molar-refractivity contribution in [3.63, 3.8) is 0 Å². The Kier molecular flexibility index (Phi) is 4.09. The van der Waals surface area contributed by atoms with E-state index in [1.54, 1.807) is 6.92 Å². The van der Waals surface area contributed by atoms with Gasteiger partial charge in [0.2, 0.25) is 0 Å². The standard InChI is InChI=1S/C14H12ClF2N3O/c1-7(8-2-10(16)5-11(17)3-8)20-6-9(15)4-12(13(20)18)14(19)21/h2-7,18H,1H3,(H2,19,21). The second-order valence-corrected chi connectivity index (χ2v) is 5.01. The number of amides is 1. The van der Waals surface area contributed by atoms with E-state index in [9.17, 15) is 13.6 Å². The molecule has 1 atom stereocenters. The fourth-order valence-electron chi connectivity index (χ4n) is 2.05. The van der Waals surface area contributed by atoms with E-state index >= 15 is 0 Å². The van der Waals surface area contributed by atoms with Gasteiger partial charge in [0, 0.05) is 12.3 Å². The van der Waals surface area contributed by atoms with Crippen molar-refractivity contribution in [2.45, 2.75) is 13.0 Å². The van der Waals surface area contributed by atoms with Gasteiger partial charge in [0.25, 0.3) is 5.91 Å². The number of rotatable bonds is 3. The van der Waals surface area contributed by atoms with Gasteiger partial charge in [-0.25, -0.2) is 8.78 Å². The molecule has 4 nitrogen and oxygen atoms in total. The Bertz CT molecular complexity index is 753. The van der Waals surface area contributed by atoms with Crippen LogP contribution in [0.3, 0.4) is 0 Å². The summed E-state index contributed by atoms with van der Waals surface area (Å²) in [6.45, 7) is 1.63. The maximum absolute atomic E-state index is 13.3. The summed E-state index contributed by atoms with van der Waals surface area (Å²) in [5, 5.41) is 8.17. The number of hydrogen-bond acceptors (Lipinski definition) is 2. The first-order valence-corrected chi connectivity index (χ1v) is 6.39. The first-order valence-electron chi connectivity index (χ1n) is 6.01. The number of hydrogen-bond donors (Lipinski definition) is 2. The van der Waals surface area contributed by atoms with E-state index in [0.717, 1.165) is 18.2 Å². The lowest BCUT2D eigenvalue weighted by Gasteiger charge is -2.18. The van der Waals surface area contributed by atoms with Crippen molar-refractivity contribution < 1.29 is 13.6 Å². The summed E-state index contributed by atoms with van der Waals surface area (Å²) in [5.41, 5.74) is 5.26. The number of aromatic nitrogens is 1. The highest BCUT2D eigenvalue weighted by atomic mass is 35.5. The summed E-state index contributed by atoms with van der Waals surface area (Å²) in [6.07, 6.45) is 1.41. The van der Waals surface area contributed by atoms with Gasteiger partial charge >= 0.3 is 0 Å². The molecule has 1 heterocycles. The first-order chi connectivity index (χ1) is 9.79. The van der Waals surface area contributed by atoms with Crippen molar-refractivity contribution in [3.05, 3.63) is 63.7 Å². The van der Waals surface area contributed by atoms with Crippen molar-refractivity contribution >= 4 is 17.5 Å². The SMILES string of the molecule is CC(c1cc(F)cc(F)c1)n1cc(Cl)cc(C(N)=O)c1=N. The molecule has 1 unspecified atom stereocenters. The van der Waals surface area contributed by atoms with Crippen LogP contribution in [0, 0.1) is 17.0 Å². The third kappa shape index (κ3) is 3.11.